The summed E-state index contributed by atoms with van der Waals surface area (Å²) in [6.07, 6.45) is 5.35. The Morgan fingerprint density at radius 3 is 2.69 bits per heavy atom. The van der Waals surface area contributed by atoms with Crippen molar-refractivity contribution in [2.24, 2.45) is 0 Å². The smallest absolute Gasteiger partial charge is 0.154 e. The molecule has 6 heteroatoms. The minimum absolute atomic E-state index is 0.745. The average Bonchev–Trinajstić information content (AvgIpc) is 3.49. The van der Waals surface area contributed by atoms with Gasteiger partial charge < -0.3 is 9.40 Å². The predicted octanol–water partition coefficient (Wildman–Crippen LogP) is 5.25. The molecule has 5 aromatic rings. The molecule has 0 aliphatic heterocycles. The normalized spacial score (nSPS) is 11.1. The van der Waals surface area contributed by atoms with E-state index in [4.69, 9.17) is 9.52 Å². The first kappa shape index (κ1) is 14.9. The van der Waals surface area contributed by atoms with Crippen LogP contribution in [0.25, 0.3) is 39.1 Å². The van der Waals surface area contributed by atoms with E-state index in [1.165, 1.54) is 0 Å². The SMILES string of the molecule is c1ccc(-n2nc(-c3ccc[nH]3)c(-c3cccs3)c2-c2ccco2)nc1. The van der Waals surface area contributed by atoms with Crippen LogP contribution in [-0.2, 0) is 0 Å². The van der Waals surface area contributed by atoms with Crippen molar-refractivity contribution in [1.29, 1.82) is 0 Å². The number of pyridine rings is 1. The Kier molecular flexibility index (Phi) is 3.54. The number of rotatable bonds is 4. The van der Waals surface area contributed by atoms with Gasteiger partial charge in [0.2, 0.25) is 0 Å². The lowest BCUT2D eigenvalue weighted by Gasteiger charge is -2.06. The number of hydrogen-bond donors (Lipinski definition) is 1. The molecule has 0 saturated heterocycles. The Balaban J connectivity index is 1.88. The van der Waals surface area contributed by atoms with E-state index in [1.807, 2.05) is 59.4 Å². The van der Waals surface area contributed by atoms with Crippen LogP contribution in [0, 0.1) is 0 Å². The van der Waals surface area contributed by atoms with Gasteiger partial charge in [0.15, 0.2) is 11.6 Å². The summed E-state index contributed by atoms with van der Waals surface area (Å²) in [4.78, 5) is 8.89. The number of aromatic nitrogens is 4. The van der Waals surface area contributed by atoms with Gasteiger partial charge in [-0.3, -0.25) is 0 Å². The highest BCUT2D eigenvalue weighted by Crippen LogP contribution is 2.42. The molecule has 0 unspecified atom stereocenters. The van der Waals surface area contributed by atoms with Gasteiger partial charge in [0.25, 0.3) is 0 Å². The molecule has 0 aromatic carbocycles. The Hall–Kier alpha value is -3.38. The zero-order chi connectivity index (χ0) is 17.3. The zero-order valence-electron chi connectivity index (χ0n) is 13.7. The van der Waals surface area contributed by atoms with E-state index >= 15 is 0 Å². The molecule has 0 aliphatic rings. The summed E-state index contributed by atoms with van der Waals surface area (Å²) in [5, 5.41) is 6.97. The number of nitrogens with zero attached hydrogens (tertiary/aromatic N) is 3. The molecule has 5 nitrogen and oxygen atoms in total. The third kappa shape index (κ3) is 2.39. The minimum atomic E-state index is 0.745. The summed E-state index contributed by atoms with van der Waals surface area (Å²) in [6.45, 7) is 0. The first-order valence-electron chi connectivity index (χ1n) is 8.18. The molecular weight excluding hydrogens is 344 g/mol. The number of thiophene rings is 1. The minimum Gasteiger partial charge on any atom is -0.463 e. The lowest BCUT2D eigenvalue weighted by atomic mass is 10.1. The standard InChI is InChI=1S/C20H14N4OS/c1-2-10-22-17(9-1)24-20(15-7-4-12-25-15)18(16-8-5-13-26-16)19(23-24)14-6-3-11-21-14/h1-13,21H. The van der Waals surface area contributed by atoms with Crippen LogP contribution in [0.4, 0.5) is 0 Å². The van der Waals surface area contributed by atoms with E-state index in [-0.39, 0.29) is 0 Å². The van der Waals surface area contributed by atoms with Crippen molar-refractivity contribution in [3.05, 3.63) is 78.6 Å². The fourth-order valence-corrected chi connectivity index (χ4v) is 3.80. The molecule has 0 spiro atoms. The molecule has 126 valence electrons. The molecular formula is C20H14N4OS. The number of H-pyrrole nitrogens is 1. The monoisotopic (exact) mass is 358 g/mol. The van der Waals surface area contributed by atoms with Crippen LogP contribution in [0.2, 0.25) is 0 Å². The Morgan fingerprint density at radius 1 is 1.00 bits per heavy atom. The van der Waals surface area contributed by atoms with Crippen LogP contribution in [-0.4, -0.2) is 19.7 Å². The maximum Gasteiger partial charge on any atom is 0.154 e. The molecule has 0 fully saturated rings. The molecule has 0 radical (unpaired) electrons. The first-order valence-corrected chi connectivity index (χ1v) is 9.06. The van der Waals surface area contributed by atoms with E-state index in [9.17, 15) is 0 Å². The number of hydrogen-bond acceptors (Lipinski definition) is 4. The third-order valence-corrected chi connectivity index (χ3v) is 5.01. The lowest BCUT2D eigenvalue weighted by molar-refractivity contribution is 0.576. The van der Waals surface area contributed by atoms with E-state index < -0.39 is 0 Å². The maximum atomic E-state index is 5.76. The van der Waals surface area contributed by atoms with Crippen LogP contribution in [0.5, 0.6) is 0 Å². The Bertz CT molecular complexity index is 1110. The molecule has 1 N–H and O–H groups in total. The summed E-state index contributed by atoms with van der Waals surface area (Å²) in [6, 6.07) is 17.8. The highest BCUT2D eigenvalue weighted by Gasteiger charge is 2.25. The van der Waals surface area contributed by atoms with Crippen LogP contribution in [0.3, 0.4) is 0 Å². The Morgan fingerprint density at radius 2 is 2.00 bits per heavy atom. The van der Waals surface area contributed by atoms with Gasteiger partial charge in [0.1, 0.15) is 11.4 Å². The summed E-state index contributed by atoms with van der Waals surface area (Å²) in [5.74, 6) is 1.50. The molecule has 0 atom stereocenters. The highest BCUT2D eigenvalue weighted by atomic mass is 32.1. The van der Waals surface area contributed by atoms with E-state index in [1.54, 1.807) is 23.8 Å². The van der Waals surface area contributed by atoms with Gasteiger partial charge in [0, 0.05) is 17.3 Å². The molecule has 5 rings (SSSR count). The second-order valence-electron chi connectivity index (χ2n) is 5.71. The van der Waals surface area contributed by atoms with Crippen molar-refractivity contribution < 1.29 is 4.42 Å². The average molecular weight is 358 g/mol. The van der Waals surface area contributed by atoms with Gasteiger partial charge in [-0.1, -0.05) is 12.1 Å². The second-order valence-corrected chi connectivity index (χ2v) is 6.66. The van der Waals surface area contributed by atoms with Crippen molar-refractivity contribution in [2.45, 2.75) is 0 Å². The van der Waals surface area contributed by atoms with Crippen LogP contribution < -0.4 is 0 Å². The predicted molar refractivity (Wildman–Crippen MR) is 102 cm³/mol. The van der Waals surface area contributed by atoms with Gasteiger partial charge in [-0.2, -0.15) is 5.10 Å². The quantitative estimate of drug-likeness (QED) is 0.477. The first-order chi connectivity index (χ1) is 12.9. The largest absolute Gasteiger partial charge is 0.463 e. The van der Waals surface area contributed by atoms with Crippen molar-refractivity contribution in [3.63, 3.8) is 0 Å². The number of nitrogens with one attached hydrogen (secondary N) is 1. The van der Waals surface area contributed by atoms with Gasteiger partial charge >= 0.3 is 0 Å². The van der Waals surface area contributed by atoms with Crippen LogP contribution in [0.1, 0.15) is 0 Å². The van der Waals surface area contributed by atoms with Gasteiger partial charge in [0.05, 0.1) is 17.5 Å². The van der Waals surface area contributed by atoms with Crippen LogP contribution in [0.15, 0.2) is 83.1 Å². The fourth-order valence-electron chi connectivity index (χ4n) is 3.02. The molecule has 5 aromatic heterocycles. The van der Waals surface area contributed by atoms with Crippen molar-refractivity contribution in [3.8, 4) is 39.1 Å². The maximum absolute atomic E-state index is 5.76. The van der Waals surface area contributed by atoms with Crippen molar-refractivity contribution >= 4 is 11.3 Å². The van der Waals surface area contributed by atoms with Crippen LogP contribution >= 0.6 is 11.3 Å². The summed E-state index contributed by atoms with van der Waals surface area (Å²) >= 11 is 1.68. The molecule has 0 saturated carbocycles. The van der Waals surface area contributed by atoms with E-state index in [0.29, 0.717) is 0 Å². The van der Waals surface area contributed by atoms with Crippen molar-refractivity contribution in [1.82, 2.24) is 19.7 Å². The van der Waals surface area contributed by atoms with E-state index in [0.717, 1.165) is 39.1 Å². The second kappa shape index (κ2) is 6.16. The van der Waals surface area contributed by atoms with Gasteiger partial charge in [-0.25, -0.2) is 9.67 Å². The molecule has 0 aliphatic carbocycles. The molecule has 0 amide bonds. The molecule has 26 heavy (non-hydrogen) atoms. The number of furan rings is 1. The summed E-state index contributed by atoms with van der Waals surface area (Å²) in [5.41, 5.74) is 3.74. The fraction of sp³-hybridized carbons (Fsp3) is 0. The van der Waals surface area contributed by atoms with Crippen molar-refractivity contribution in [2.75, 3.05) is 0 Å². The number of aromatic amines is 1. The zero-order valence-corrected chi connectivity index (χ0v) is 14.5. The molecule has 5 heterocycles. The summed E-state index contributed by atoms with van der Waals surface area (Å²) < 4.78 is 7.61. The third-order valence-electron chi connectivity index (χ3n) is 4.13. The molecule has 0 bridgehead atoms. The van der Waals surface area contributed by atoms with Gasteiger partial charge in [-0.05, 0) is 47.8 Å². The highest BCUT2D eigenvalue weighted by molar-refractivity contribution is 7.13. The topological polar surface area (TPSA) is 59.6 Å². The van der Waals surface area contributed by atoms with E-state index in [2.05, 4.69) is 21.4 Å². The lowest BCUT2D eigenvalue weighted by Crippen LogP contribution is -2.01. The van der Waals surface area contributed by atoms with Gasteiger partial charge in [-0.15, -0.1) is 11.3 Å². The Labute approximate surface area is 153 Å². The summed E-state index contributed by atoms with van der Waals surface area (Å²) in [7, 11) is 0.